The summed E-state index contributed by atoms with van der Waals surface area (Å²) in [6.07, 6.45) is 7.61. The quantitative estimate of drug-likeness (QED) is 0.403. The van der Waals surface area contributed by atoms with Crippen molar-refractivity contribution in [3.8, 4) is 0 Å². The summed E-state index contributed by atoms with van der Waals surface area (Å²) in [6, 6.07) is 2.77. The highest BCUT2D eigenvalue weighted by Gasteiger charge is 2.21. The maximum Gasteiger partial charge on any atom is 0.191 e. The number of aryl methyl sites for hydroxylation is 3. The van der Waals surface area contributed by atoms with E-state index < -0.39 is 0 Å². The van der Waals surface area contributed by atoms with Gasteiger partial charge in [-0.15, -0.1) is 0 Å². The van der Waals surface area contributed by atoms with Crippen molar-refractivity contribution in [2.45, 2.75) is 71.9 Å². The highest BCUT2D eigenvalue weighted by molar-refractivity contribution is 5.79. The second kappa shape index (κ2) is 11.2. The Morgan fingerprint density at radius 1 is 1.23 bits per heavy atom. The van der Waals surface area contributed by atoms with Crippen LogP contribution in [0.5, 0.6) is 0 Å². The summed E-state index contributed by atoms with van der Waals surface area (Å²) >= 11 is 0. The van der Waals surface area contributed by atoms with Crippen LogP contribution in [0.2, 0.25) is 0 Å². The lowest BCUT2D eigenvalue weighted by Gasteiger charge is -2.36. The zero-order valence-electron chi connectivity index (χ0n) is 17.2. The van der Waals surface area contributed by atoms with Crippen molar-refractivity contribution >= 4 is 5.96 Å². The zero-order chi connectivity index (χ0) is 18.8. The molecule has 2 N–H and O–H groups in total. The largest absolute Gasteiger partial charge is 0.356 e. The number of guanidine groups is 1. The van der Waals surface area contributed by atoms with Crippen molar-refractivity contribution < 1.29 is 0 Å². The van der Waals surface area contributed by atoms with Gasteiger partial charge in [0.15, 0.2) is 5.96 Å². The summed E-state index contributed by atoms with van der Waals surface area (Å²) in [4.78, 5) is 7.04. The van der Waals surface area contributed by atoms with E-state index in [0.717, 1.165) is 37.7 Å². The van der Waals surface area contributed by atoms with E-state index in [4.69, 9.17) is 0 Å². The fourth-order valence-corrected chi connectivity index (χ4v) is 3.72. The van der Waals surface area contributed by atoms with Crippen LogP contribution in [0.3, 0.4) is 0 Å². The molecule has 0 aromatic carbocycles. The van der Waals surface area contributed by atoms with Crippen molar-refractivity contribution in [2.75, 3.05) is 33.2 Å². The maximum absolute atomic E-state index is 4.51. The SMILES string of the molecule is CCCCN1CCCCC1CNC(=NC)NCCCn1nc(C)cc1C. The van der Waals surface area contributed by atoms with Gasteiger partial charge in [0.2, 0.25) is 0 Å². The van der Waals surface area contributed by atoms with E-state index in [9.17, 15) is 0 Å². The predicted octanol–water partition coefficient (Wildman–Crippen LogP) is 2.71. The Balaban J connectivity index is 1.68. The van der Waals surface area contributed by atoms with Crippen LogP contribution in [0.15, 0.2) is 11.1 Å². The van der Waals surface area contributed by atoms with Crippen LogP contribution in [0.25, 0.3) is 0 Å². The van der Waals surface area contributed by atoms with E-state index in [1.807, 2.05) is 14.0 Å². The molecule has 0 spiro atoms. The van der Waals surface area contributed by atoms with Gasteiger partial charge < -0.3 is 10.6 Å². The topological polar surface area (TPSA) is 57.5 Å². The lowest BCUT2D eigenvalue weighted by Crippen LogP contribution is -2.49. The van der Waals surface area contributed by atoms with Crippen LogP contribution >= 0.6 is 0 Å². The molecule has 2 heterocycles. The molecule has 1 saturated heterocycles. The number of likely N-dealkylation sites (tertiary alicyclic amines) is 1. The molecule has 1 aromatic rings. The van der Waals surface area contributed by atoms with E-state index >= 15 is 0 Å². The fourth-order valence-electron chi connectivity index (χ4n) is 3.72. The van der Waals surface area contributed by atoms with Crippen LogP contribution in [-0.2, 0) is 6.54 Å². The molecule has 0 amide bonds. The van der Waals surface area contributed by atoms with E-state index in [2.05, 4.69) is 50.2 Å². The molecule has 26 heavy (non-hydrogen) atoms. The van der Waals surface area contributed by atoms with E-state index in [1.165, 1.54) is 50.9 Å². The molecule has 0 bridgehead atoms. The second-order valence-corrected chi connectivity index (χ2v) is 7.42. The maximum atomic E-state index is 4.51. The molecule has 1 aliphatic heterocycles. The van der Waals surface area contributed by atoms with E-state index in [-0.39, 0.29) is 0 Å². The average molecular weight is 363 g/mol. The Morgan fingerprint density at radius 2 is 2.08 bits per heavy atom. The van der Waals surface area contributed by atoms with Crippen molar-refractivity contribution in [3.05, 3.63) is 17.5 Å². The summed E-state index contributed by atoms with van der Waals surface area (Å²) in [5.41, 5.74) is 2.32. The first kappa shape index (κ1) is 20.7. The van der Waals surface area contributed by atoms with Gasteiger partial charge >= 0.3 is 0 Å². The minimum absolute atomic E-state index is 0.642. The number of hydrogen-bond donors (Lipinski definition) is 2. The predicted molar refractivity (Wildman–Crippen MR) is 110 cm³/mol. The molecule has 2 rings (SSSR count). The van der Waals surface area contributed by atoms with Crippen molar-refractivity contribution in [2.24, 2.45) is 4.99 Å². The molecular weight excluding hydrogens is 324 g/mol. The standard InChI is InChI=1S/C20H38N6/c1-5-6-12-25-13-8-7-10-19(25)16-23-20(21-4)22-11-9-14-26-18(3)15-17(2)24-26/h15,19H,5-14,16H2,1-4H3,(H2,21,22,23). The molecule has 1 aromatic heterocycles. The Bertz CT molecular complexity index is 550. The van der Waals surface area contributed by atoms with Gasteiger partial charge in [-0.25, -0.2) is 0 Å². The molecule has 0 saturated carbocycles. The Labute approximate surface area is 159 Å². The van der Waals surface area contributed by atoms with Crippen LogP contribution in [0, 0.1) is 13.8 Å². The first-order chi connectivity index (χ1) is 12.6. The van der Waals surface area contributed by atoms with Gasteiger partial charge in [-0.3, -0.25) is 14.6 Å². The van der Waals surface area contributed by atoms with Crippen LogP contribution in [0.4, 0.5) is 0 Å². The van der Waals surface area contributed by atoms with Crippen LogP contribution in [0.1, 0.15) is 56.8 Å². The van der Waals surface area contributed by atoms with E-state index in [0.29, 0.717) is 6.04 Å². The molecule has 1 aliphatic rings. The normalized spacial score (nSPS) is 18.9. The highest BCUT2D eigenvalue weighted by atomic mass is 15.3. The average Bonchev–Trinajstić information content (AvgIpc) is 2.97. The van der Waals surface area contributed by atoms with E-state index in [1.54, 1.807) is 0 Å². The molecule has 1 atom stereocenters. The minimum atomic E-state index is 0.642. The Kier molecular flexibility index (Phi) is 8.95. The van der Waals surface area contributed by atoms with Gasteiger partial charge in [-0.1, -0.05) is 19.8 Å². The smallest absolute Gasteiger partial charge is 0.191 e. The number of nitrogens with zero attached hydrogens (tertiary/aromatic N) is 4. The summed E-state index contributed by atoms with van der Waals surface area (Å²) < 4.78 is 2.08. The Hall–Kier alpha value is -1.56. The number of rotatable bonds is 9. The number of aliphatic imine (C=N–C) groups is 1. The van der Waals surface area contributed by atoms with Crippen LogP contribution < -0.4 is 10.6 Å². The van der Waals surface area contributed by atoms with Gasteiger partial charge in [0.25, 0.3) is 0 Å². The minimum Gasteiger partial charge on any atom is -0.356 e. The summed E-state index contributed by atoms with van der Waals surface area (Å²) in [5, 5.41) is 11.5. The van der Waals surface area contributed by atoms with Gasteiger partial charge in [-0.05, 0) is 58.7 Å². The third-order valence-electron chi connectivity index (χ3n) is 5.22. The summed E-state index contributed by atoms with van der Waals surface area (Å²) in [7, 11) is 1.85. The number of unbranched alkanes of at least 4 members (excludes halogenated alkanes) is 1. The van der Waals surface area contributed by atoms with Crippen molar-refractivity contribution in [1.29, 1.82) is 0 Å². The molecular formula is C20H38N6. The fraction of sp³-hybridized carbons (Fsp3) is 0.800. The first-order valence-corrected chi connectivity index (χ1v) is 10.3. The van der Waals surface area contributed by atoms with Gasteiger partial charge in [0.1, 0.15) is 0 Å². The monoisotopic (exact) mass is 362 g/mol. The van der Waals surface area contributed by atoms with Gasteiger partial charge in [-0.2, -0.15) is 5.10 Å². The third-order valence-corrected chi connectivity index (χ3v) is 5.22. The van der Waals surface area contributed by atoms with Gasteiger partial charge in [0.05, 0.1) is 5.69 Å². The highest BCUT2D eigenvalue weighted by Crippen LogP contribution is 2.17. The molecule has 6 nitrogen and oxygen atoms in total. The summed E-state index contributed by atoms with van der Waals surface area (Å²) in [6.45, 7) is 11.7. The van der Waals surface area contributed by atoms with Gasteiger partial charge in [0, 0.05) is 38.4 Å². The first-order valence-electron chi connectivity index (χ1n) is 10.3. The van der Waals surface area contributed by atoms with Crippen molar-refractivity contribution in [3.63, 3.8) is 0 Å². The number of aromatic nitrogens is 2. The van der Waals surface area contributed by atoms with Crippen molar-refractivity contribution in [1.82, 2.24) is 25.3 Å². The molecule has 148 valence electrons. The summed E-state index contributed by atoms with van der Waals surface area (Å²) in [5.74, 6) is 0.916. The molecule has 1 unspecified atom stereocenters. The Morgan fingerprint density at radius 3 is 2.77 bits per heavy atom. The molecule has 1 fully saturated rings. The molecule has 0 aliphatic carbocycles. The second-order valence-electron chi connectivity index (χ2n) is 7.42. The lowest BCUT2D eigenvalue weighted by molar-refractivity contribution is 0.147. The van der Waals surface area contributed by atoms with Crippen LogP contribution in [-0.4, -0.2) is 59.9 Å². The zero-order valence-corrected chi connectivity index (χ0v) is 17.2. The third kappa shape index (κ3) is 6.63. The molecule has 6 heteroatoms. The lowest BCUT2D eigenvalue weighted by atomic mass is 10.0. The number of piperidine rings is 1. The number of hydrogen-bond acceptors (Lipinski definition) is 3. The number of nitrogens with one attached hydrogen (secondary N) is 2. The molecule has 0 radical (unpaired) electrons.